The van der Waals surface area contributed by atoms with Gasteiger partial charge in [0.2, 0.25) is 11.8 Å². The smallest absolute Gasteiger partial charge is 0.230 e. The molecule has 2 amide bonds. The van der Waals surface area contributed by atoms with Crippen LogP contribution in [0.2, 0.25) is 0 Å². The number of amides is 2. The first-order valence-corrected chi connectivity index (χ1v) is 12.0. The molecule has 10 heteroatoms. The van der Waals surface area contributed by atoms with Gasteiger partial charge in [0.25, 0.3) is 0 Å². The summed E-state index contributed by atoms with van der Waals surface area (Å²) in [4.78, 5) is 23.7. The molecular weight excluding hydrogens is 454 g/mol. The van der Waals surface area contributed by atoms with Crippen molar-refractivity contribution in [2.75, 3.05) is 30.8 Å². The standard InChI is InChI=1S/C24H29N5O4S/c1-4-32-21-10-9-18(13-22(21)33-5-2)11-12-25-23(31)15-34-24-28-26-16-29(24)20-8-6-7-19(14-20)27-17(3)30/h6-10,13-14,16H,4-5,11-12,15H2,1-3H3,(H,25,31)(H,27,30). The second-order valence-corrected chi connectivity index (χ2v) is 8.19. The number of hydrogen-bond acceptors (Lipinski definition) is 7. The number of benzene rings is 2. The van der Waals surface area contributed by atoms with E-state index >= 15 is 0 Å². The molecule has 34 heavy (non-hydrogen) atoms. The van der Waals surface area contributed by atoms with E-state index in [4.69, 9.17) is 9.47 Å². The van der Waals surface area contributed by atoms with Crippen molar-refractivity contribution in [2.45, 2.75) is 32.3 Å². The van der Waals surface area contributed by atoms with Gasteiger partial charge in [-0.15, -0.1) is 10.2 Å². The van der Waals surface area contributed by atoms with Crippen molar-refractivity contribution >= 4 is 29.3 Å². The van der Waals surface area contributed by atoms with Crippen molar-refractivity contribution in [3.8, 4) is 17.2 Å². The number of ether oxygens (including phenoxy) is 2. The Bertz CT molecular complexity index is 1120. The summed E-state index contributed by atoms with van der Waals surface area (Å²) >= 11 is 1.29. The first-order chi connectivity index (χ1) is 16.5. The van der Waals surface area contributed by atoms with Crippen LogP contribution in [0.5, 0.6) is 11.5 Å². The fraction of sp³-hybridized carbons (Fsp3) is 0.333. The predicted octanol–water partition coefficient (Wildman–Crippen LogP) is 3.47. The van der Waals surface area contributed by atoms with Gasteiger partial charge in [-0.1, -0.05) is 23.9 Å². The summed E-state index contributed by atoms with van der Waals surface area (Å²) in [6, 6.07) is 13.2. The van der Waals surface area contributed by atoms with Crippen LogP contribution in [0.1, 0.15) is 26.3 Å². The zero-order chi connectivity index (χ0) is 24.3. The van der Waals surface area contributed by atoms with Gasteiger partial charge in [0.15, 0.2) is 16.7 Å². The highest BCUT2D eigenvalue weighted by molar-refractivity contribution is 7.99. The van der Waals surface area contributed by atoms with Crippen LogP contribution >= 0.6 is 11.8 Å². The maximum Gasteiger partial charge on any atom is 0.230 e. The fourth-order valence-electron chi connectivity index (χ4n) is 3.22. The topological polar surface area (TPSA) is 107 Å². The SMILES string of the molecule is CCOc1ccc(CCNC(=O)CSc2nncn2-c2cccc(NC(C)=O)c2)cc1OCC. The van der Waals surface area contributed by atoms with Crippen molar-refractivity contribution in [2.24, 2.45) is 0 Å². The Kier molecular flexibility index (Phi) is 9.33. The number of rotatable bonds is 12. The Morgan fingerprint density at radius 2 is 1.85 bits per heavy atom. The number of nitrogens with zero attached hydrogens (tertiary/aromatic N) is 3. The number of carbonyl (C=O) groups is 2. The van der Waals surface area contributed by atoms with Crippen LogP contribution < -0.4 is 20.1 Å². The number of anilines is 1. The Hall–Kier alpha value is -3.53. The molecule has 2 aromatic carbocycles. The minimum Gasteiger partial charge on any atom is -0.490 e. The van der Waals surface area contributed by atoms with Gasteiger partial charge in [-0.3, -0.25) is 14.2 Å². The van der Waals surface area contributed by atoms with E-state index in [9.17, 15) is 9.59 Å². The lowest BCUT2D eigenvalue weighted by atomic mass is 10.1. The van der Waals surface area contributed by atoms with Crippen LogP contribution in [0.15, 0.2) is 53.9 Å². The third-order valence-electron chi connectivity index (χ3n) is 4.64. The largest absolute Gasteiger partial charge is 0.490 e. The molecule has 0 fully saturated rings. The third-order valence-corrected chi connectivity index (χ3v) is 5.58. The van der Waals surface area contributed by atoms with Gasteiger partial charge in [0.05, 0.1) is 24.7 Å². The molecule has 0 radical (unpaired) electrons. The Morgan fingerprint density at radius 3 is 2.62 bits per heavy atom. The number of carbonyl (C=O) groups excluding carboxylic acids is 2. The molecule has 3 aromatic rings. The first-order valence-electron chi connectivity index (χ1n) is 11.1. The average molecular weight is 484 g/mol. The lowest BCUT2D eigenvalue weighted by molar-refractivity contribution is -0.118. The molecule has 0 bridgehead atoms. The van der Waals surface area contributed by atoms with Crippen LogP contribution in [-0.2, 0) is 16.0 Å². The van der Waals surface area contributed by atoms with E-state index in [1.165, 1.54) is 18.7 Å². The van der Waals surface area contributed by atoms with Crippen molar-refractivity contribution in [1.29, 1.82) is 0 Å². The second kappa shape index (κ2) is 12.6. The minimum absolute atomic E-state index is 0.0949. The van der Waals surface area contributed by atoms with Crippen molar-refractivity contribution < 1.29 is 19.1 Å². The molecule has 1 heterocycles. The molecule has 2 N–H and O–H groups in total. The summed E-state index contributed by atoms with van der Waals surface area (Å²) in [5, 5.41) is 14.4. The molecule has 1 aromatic heterocycles. The first kappa shape index (κ1) is 25.1. The van der Waals surface area contributed by atoms with Gasteiger partial charge in [0, 0.05) is 19.2 Å². The van der Waals surface area contributed by atoms with E-state index in [-0.39, 0.29) is 17.6 Å². The molecule has 3 rings (SSSR count). The van der Waals surface area contributed by atoms with Gasteiger partial charge < -0.3 is 20.1 Å². The van der Waals surface area contributed by atoms with Gasteiger partial charge in [0.1, 0.15) is 6.33 Å². The average Bonchev–Trinajstić information content (AvgIpc) is 3.28. The van der Waals surface area contributed by atoms with Gasteiger partial charge in [-0.05, 0) is 56.2 Å². The highest BCUT2D eigenvalue weighted by atomic mass is 32.2. The lowest BCUT2D eigenvalue weighted by Crippen LogP contribution is -2.27. The van der Waals surface area contributed by atoms with Crippen LogP contribution in [0.3, 0.4) is 0 Å². The van der Waals surface area contributed by atoms with E-state index in [2.05, 4.69) is 20.8 Å². The molecule has 0 aliphatic heterocycles. The number of nitrogens with one attached hydrogen (secondary N) is 2. The molecule has 0 unspecified atom stereocenters. The lowest BCUT2D eigenvalue weighted by Gasteiger charge is -2.12. The summed E-state index contributed by atoms with van der Waals surface area (Å²) in [5.74, 6) is 1.40. The quantitative estimate of drug-likeness (QED) is 0.380. The monoisotopic (exact) mass is 483 g/mol. The Morgan fingerprint density at radius 1 is 1.06 bits per heavy atom. The second-order valence-electron chi connectivity index (χ2n) is 7.25. The van der Waals surface area contributed by atoms with Gasteiger partial charge in [-0.2, -0.15) is 0 Å². The molecule has 180 valence electrons. The summed E-state index contributed by atoms with van der Waals surface area (Å²) in [6.07, 6.45) is 2.25. The number of thioether (sulfide) groups is 1. The zero-order valence-corrected chi connectivity index (χ0v) is 20.4. The van der Waals surface area contributed by atoms with E-state index < -0.39 is 0 Å². The molecule has 0 aliphatic rings. The summed E-state index contributed by atoms with van der Waals surface area (Å²) < 4.78 is 13.0. The molecule has 0 aliphatic carbocycles. The van der Waals surface area contributed by atoms with Gasteiger partial charge in [-0.25, -0.2) is 0 Å². The molecule has 9 nitrogen and oxygen atoms in total. The van der Waals surface area contributed by atoms with Crippen LogP contribution in [-0.4, -0.2) is 52.1 Å². The van der Waals surface area contributed by atoms with Crippen LogP contribution in [0.4, 0.5) is 5.69 Å². The number of hydrogen-bond donors (Lipinski definition) is 2. The number of aromatic nitrogens is 3. The summed E-state index contributed by atoms with van der Waals surface area (Å²) in [7, 11) is 0. The minimum atomic E-state index is -0.147. The molecule has 0 saturated heterocycles. The predicted molar refractivity (Wildman–Crippen MR) is 132 cm³/mol. The summed E-state index contributed by atoms with van der Waals surface area (Å²) in [6.45, 7) is 6.95. The van der Waals surface area contributed by atoms with E-state index in [0.717, 1.165) is 17.0 Å². The highest BCUT2D eigenvalue weighted by Crippen LogP contribution is 2.28. The van der Waals surface area contributed by atoms with Crippen molar-refractivity contribution in [3.05, 3.63) is 54.4 Å². The van der Waals surface area contributed by atoms with Gasteiger partial charge >= 0.3 is 0 Å². The summed E-state index contributed by atoms with van der Waals surface area (Å²) in [5.41, 5.74) is 2.52. The normalized spacial score (nSPS) is 10.6. The maximum atomic E-state index is 12.4. The van der Waals surface area contributed by atoms with E-state index in [1.54, 1.807) is 17.0 Å². The Balaban J connectivity index is 1.52. The molecule has 0 saturated carbocycles. The van der Waals surface area contributed by atoms with E-state index in [1.807, 2.05) is 50.2 Å². The molecular formula is C24H29N5O4S. The molecule has 0 atom stereocenters. The van der Waals surface area contributed by atoms with Crippen molar-refractivity contribution in [1.82, 2.24) is 20.1 Å². The molecule has 0 spiro atoms. The fourth-order valence-corrected chi connectivity index (χ4v) is 3.97. The Labute approximate surface area is 203 Å². The highest BCUT2D eigenvalue weighted by Gasteiger charge is 2.11. The van der Waals surface area contributed by atoms with Crippen LogP contribution in [0.25, 0.3) is 5.69 Å². The van der Waals surface area contributed by atoms with Crippen molar-refractivity contribution in [3.63, 3.8) is 0 Å². The van der Waals surface area contributed by atoms with E-state index in [0.29, 0.717) is 42.8 Å². The maximum absolute atomic E-state index is 12.4. The third kappa shape index (κ3) is 7.24. The van der Waals surface area contributed by atoms with Crippen LogP contribution in [0, 0.1) is 0 Å². The zero-order valence-electron chi connectivity index (χ0n) is 19.5.